The zero-order chi connectivity index (χ0) is 20.2. The van der Waals surface area contributed by atoms with Crippen molar-refractivity contribution in [2.45, 2.75) is 38.4 Å². The lowest BCUT2D eigenvalue weighted by atomic mass is 9.84. The molecule has 0 aliphatic carbocycles. The van der Waals surface area contributed by atoms with E-state index >= 15 is 0 Å². The molecule has 2 heterocycles. The van der Waals surface area contributed by atoms with E-state index in [0.717, 1.165) is 0 Å². The van der Waals surface area contributed by atoms with Crippen molar-refractivity contribution in [3.05, 3.63) is 23.3 Å². The van der Waals surface area contributed by atoms with Crippen LogP contribution in [0.15, 0.2) is 23.3 Å². The van der Waals surface area contributed by atoms with Crippen molar-refractivity contribution >= 4 is 17.7 Å². The molecule has 0 saturated carbocycles. The molecule has 2 aliphatic rings. The first-order valence-corrected chi connectivity index (χ1v) is 8.99. The number of carbonyl (C=O) groups excluding carboxylic acids is 3. The minimum absolute atomic E-state index is 0.0859. The molecule has 2 aliphatic heterocycles. The first kappa shape index (κ1) is 21.3. The lowest BCUT2D eigenvalue weighted by Gasteiger charge is -2.31. The van der Waals surface area contributed by atoms with Crippen molar-refractivity contribution in [1.29, 1.82) is 0 Å². The van der Waals surface area contributed by atoms with Crippen molar-refractivity contribution < 1.29 is 34.1 Å². The standard InChI is InChI=1S/C19H27NO7/c1-4-12-9-14(10-21)19(2,25)18(24)26-11-13-5-7-20(3)8-6-15(16(13)22)27-17(12)23/h4-5,14-15,21,25H,6-11H2,1-3H3/b12-4-,13-5-/t14-,15-,19-/m1/s1. The lowest BCUT2D eigenvalue weighted by molar-refractivity contribution is -0.171. The third kappa shape index (κ3) is 4.82. The maximum Gasteiger partial charge on any atom is 0.338 e. The van der Waals surface area contributed by atoms with Crippen LogP contribution in [0.5, 0.6) is 0 Å². The monoisotopic (exact) mass is 381 g/mol. The number of carbonyl (C=O) groups is 3. The second-order valence-electron chi connectivity index (χ2n) is 7.16. The van der Waals surface area contributed by atoms with Gasteiger partial charge in [0, 0.05) is 43.2 Å². The summed E-state index contributed by atoms with van der Waals surface area (Å²) in [5, 5.41) is 20.2. The molecule has 0 unspecified atom stereocenters. The summed E-state index contributed by atoms with van der Waals surface area (Å²) in [7, 11) is 1.87. The molecule has 2 N–H and O–H groups in total. The van der Waals surface area contributed by atoms with Crippen LogP contribution in [0.2, 0.25) is 0 Å². The molecule has 0 aromatic carbocycles. The fourth-order valence-corrected chi connectivity index (χ4v) is 3.06. The molecule has 0 spiro atoms. The number of ether oxygens (including phenoxy) is 2. The van der Waals surface area contributed by atoms with Gasteiger partial charge in [-0.2, -0.15) is 0 Å². The van der Waals surface area contributed by atoms with E-state index in [2.05, 4.69) is 0 Å². The molecule has 0 radical (unpaired) electrons. The Morgan fingerprint density at radius 2 is 2.07 bits per heavy atom. The van der Waals surface area contributed by atoms with Gasteiger partial charge in [-0.05, 0) is 27.3 Å². The lowest BCUT2D eigenvalue weighted by Crippen LogP contribution is -2.47. The summed E-state index contributed by atoms with van der Waals surface area (Å²) in [6.07, 6.45) is 2.39. The third-order valence-corrected chi connectivity index (χ3v) is 5.14. The van der Waals surface area contributed by atoms with Gasteiger partial charge < -0.3 is 24.6 Å². The van der Waals surface area contributed by atoms with Crippen LogP contribution in [0.1, 0.15) is 26.7 Å². The number of aliphatic hydroxyl groups is 2. The summed E-state index contributed by atoms with van der Waals surface area (Å²) in [6.45, 7) is 3.03. The number of ketones is 1. The Bertz CT molecular complexity index is 665. The van der Waals surface area contributed by atoms with E-state index in [0.29, 0.717) is 19.5 Å². The Morgan fingerprint density at radius 3 is 2.70 bits per heavy atom. The van der Waals surface area contributed by atoms with Gasteiger partial charge in [-0.15, -0.1) is 0 Å². The molecule has 1 fully saturated rings. The fraction of sp³-hybridized carbons (Fsp3) is 0.632. The summed E-state index contributed by atoms with van der Waals surface area (Å²) in [6, 6.07) is 0. The van der Waals surface area contributed by atoms with Crippen molar-refractivity contribution in [3.63, 3.8) is 0 Å². The van der Waals surface area contributed by atoms with Crippen molar-refractivity contribution in [3.8, 4) is 0 Å². The number of aliphatic hydroxyl groups excluding tert-OH is 1. The molecule has 0 aromatic heterocycles. The zero-order valence-electron chi connectivity index (χ0n) is 15.9. The molecule has 2 rings (SSSR count). The summed E-state index contributed by atoms with van der Waals surface area (Å²) >= 11 is 0. The average molecular weight is 381 g/mol. The van der Waals surface area contributed by atoms with Crippen LogP contribution < -0.4 is 0 Å². The summed E-state index contributed by atoms with van der Waals surface area (Å²) in [4.78, 5) is 39.7. The number of nitrogens with zero attached hydrogens (tertiary/aromatic N) is 1. The van der Waals surface area contributed by atoms with E-state index < -0.39 is 42.0 Å². The Hall–Kier alpha value is -2.03. The zero-order valence-corrected chi connectivity index (χ0v) is 15.9. The smallest absolute Gasteiger partial charge is 0.338 e. The van der Waals surface area contributed by atoms with Gasteiger partial charge >= 0.3 is 11.9 Å². The molecule has 27 heavy (non-hydrogen) atoms. The molecule has 2 bridgehead atoms. The van der Waals surface area contributed by atoms with Crippen molar-refractivity contribution in [2.24, 2.45) is 5.92 Å². The number of rotatable bonds is 1. The Balaban J connectivity index is 2.44. The molecule has 0 amide bonds. The van der Waals surface area contributed by atoms with Crippen LogP contribution in [0, 0.1) is 5.92 Å². The fourth-order valence-electron chi connectivity index (χ4n) is 3.06. The van der Waals surface area contributed by atoms with E-state index in [-0.39, 0.29) is 24.2 Å². The average Bonchev–Trinajstić information content (AvgIpc) is 2.63. The van der Waals surface area contributed by atoms with Gasteiger partial charge in [-0.25, -0.2) is 9.59 Å². The van der Waals surface area contributed by atoms with Gasteiger partial charge in [-0.3, -0.25) is 4.79 Å². The highest BCUT2D eigenvalue weighted by Crippen LogP contribution is 2.28. The number of fused-ring (bicyclic) bond motifs is 2. The first-order chi connectivity index (χ1) is 12.7. The number of esters is 2. The maximum atomic E-state index is 12.8. The number of Topliss-reactive ketones (excluding diaryl/α,β-unsaturated/α-hetero) is 1. The molecule has 150 valence electrons. The summed E-state index contributed by atoms with van der Waals surface area (Å²) in [5.74, 6) is -3.00. The predicted octanol–water partition coefficient (Wildman–Crippen LogP) is -0.0181. The molecular weight excluding hydrogens is 354 g/mol. The van der Waals surface area contributed by atoms with Crippen molar-refractivity contribution in [2.75, 3.05) is 33.4 Å². The molecule has 1 saturated heterocycles. The Kier molecular flexibility index (Phi) is 6.91. The second-order valence-corrected chi connectivity index (χ2v) is 7.16. The highest BCUT2D eigenvalue weighted by Gasteiger charge is 2.43. The molecular formula is C19H27NO7. The summed E-state index contributed by atoms with van der Waals surface area (Å²) in [5.41, 5.74) is -1.63. The van der Waals surface area contributed by atoms with E-state index in [9.17, 15) is 24.6 Å². The molecule has 8 nitrogen and oxygen atoms in total. The quantitative estimate of drug-likeness (QED) is 0.481. The number of likely N-dealkylation sites (N-methyl/N-ethyl adjacent to an activating group) is 1. The van der Waals surface area contributed by atoms with Crippen LogP contribution >= 0.6 is 0 Å². The largest absolute Gasteiger partial charge is 0.459 e. The van der Waals surface area contributed by atoms with Crippen LogP contribution in [-0.2, 0) is 23.9 Å². The maximum absolute atomic E-state index is 12.8. The van der Waals surface area contributed by atoms with Crippen LogP contribution in [0.25, 0.3) is 0 Å². The predicted molar refractivity (Wildman–Crippen MR) is 95.6 cm³/mol. The van der Waals surface area contributed by atoms with E-state index in [1.165, 1.54) is 13.0 Å². The Morgan fingerprint density at radius 1 is 1.37 bits per heavy atom. The minimum Gasteiger partial charge on any atom is -0.459 e. The van der Waals surface area contributed by atoms with E-state index in [4.69, 9.17) is 9.47 Å². The Labute approximate surface area is 158 Å². The van der Waals surface area contributed by atoms with Gasteiger partial charge in [-0.1, -0.05) is 12.2 Å². The van der Waals surface area contributed by atoms with Crippen LogP contribution in [-0.4, -0.2) is 77.9 Å². The number of hydrogen-bond acceptors (Lipinski definition) is 8. The first-order valence-electron chi connectivity index (χ1n) is 8.99. The second kappa shape index (κ2) is 8.77. The topological polar surface area (TPSA) is 113 Å². The van der Waals surface area contributed by atoms with Gasteiger partial charge in [0.05, 0.1) is 0 Å². The van der Waals surface area contributed by atoms with Gasteiger partial charge in [0.25, 0.3) is 0 Å². The van der Waals surface area contributed by atoms with Gasteiger partial charge in [0.1, 0.15) is 6.61 Å². The molecule has 8 heteroatoms. The highest BCUT2D eigenvalue weighted by atomic mass is 16.6. The van der Waals surface area contributed by atoms with Gasteiger partial charge in [0.15, 0.2) is 11.7 Å². The molecule has 3 atom stereocenters. The summed E-state index contributed by atoms with van der Waals surface area (Å²) < 4.78 is 10.6. The van der Waals surface area contributed by atoms with E-state index in [1.807, 2.05) is 11.9 Å². The number of cyclic esters (lactones) is 1. The highest BCUT2D eigenvalue weighted by molar-refractivity contribution is 6.01. The molecule has 0 aromatic rings. The van der Waals surface area contributed by atoms with Crippen LogP contribution in [0.4, 0.5) is 0 Å². The van der Waals surface area contributed by atoms with Gasteiger partial charge in [0.2, 0.25) is 5.78 Å². The van der Waals surface area contributed by atoms with Crippen LogP contribution in [0.3, 0.4) is 0 Å². The number of allylic oxidation sites excluding steroid dienone is 1. The normalized spacial score (nSPS) is 35.1. The van der Waals surface area contributed by atoms with Crippen molar-refractivity contribution in [1.82, 2.24) is 4.90 Å². The van der Waals surface area contributed by atoms with E-state index in [1.54, 1.807) is 13.0 Å². The number of hydrogen-bond donors (Lipinski definition) is 2. The third-order valence-electron chi connectivity index (χ3n) is 5.14. The SMILES string of the molecule is C/C=C1/C[C@H](CO)[C@@](C)(O)C(=O)OC/C2=C/CN(C)CC[C@@H](OC1=O)C2=O. The minimum atomic E-state index is -2.02.